The average Bonchev–Trinajstić information content (AvgIpc) is 3.02. The van der Waals surface area contributed by atoms with Crippen LogP contribution in [0.3, 0.4) is 0 Å². The van der Waals surface area contributed by atoms with Gasteiger partial charge in [0, 0.05) is 42.1 Å². The Morgan fingerprint density at radius 3 is 1.40 bits per heavy atom. The van der Waals surface area contributed by atoms with E-state index in [0.29, 0.717) is 0 Å². The predicted octanol–water partition coefficient (Wildman–Crippen LogP) is 9.92. The molecule has 0 aliphatic heterocycles. The monoisotopic (exact) mass is 521 g/mol. The molecule has 0 fully saturated rings. The molecular weight excluding hydrogens is 486 g/mol. The first-order chi connectivity index (χ1) is 19.7. The number of para-hydroxylation sites is 2. The molecule has 0 amide bonds. The molecule has 0 heterocycles. The van der Waals surface area contributed by atoms with Crippen LogP contribution in [0.5, 0.6) is 0 Å². The Kier molecular flexibility index (Phi) is 8.85. The van der Waals surface area contributed by atoms with Gasteiger partial charge in [0.15, 0.2) is 0 Å². The molecule has 0 saturated heterocycles. The maximum absolute atomic E-state index is 4.66. The molecule has 0 bridgehead atoms. The highest BCUT2D eigenvalue weighted by atomic mass is 15.1. The van der Waals surface area contributed by atoms with Crippen molar-refractivity contribution in [2.45, 2.75) is 13.8 Å². The highest BCUT2D eigenvalue weighted by Gasteiger charge is 2.11. The van der Waals surface area contributed by atoms with E-state index in [1.54, 1.807) is 0 Å². The lowest BCUT2D eigenvalue weighted by molar-refractivity contribution is 0.866. The topological polar surface area (TPSA) is 18.8 Å². The normalized spacial score (nSPS) is 11.2. The van der Waals surface area contributed by atoms with Gasteiger partial charge < -0.3 is 9.80 Å². The van der Waals surface area contributed by atoms with E-state index in [2.05, 4.69) is 162 Å². The molecular formula is C37H35N3. The number of rotatable bonds is 10. The lowest BCUT2D eigenvalue weighted by Crippen LogP contribution is -2.21. The van der Waals surface area contributed by atoms with E-state index in [4.69, 9.17) is 0 Å². The number of aliphatic imine (C=N–C) groups is 1. The van der Waals surface area contributed by atoms with Crippen molar-refractivity contribution in [1.82, 2.24) is 0 Å². The maximum Gasteiger partial charge on any atom is 0.0630 e. The molecule has 0 unspecified atom stereocenters. The molecule has 0 aliphatic rings. The molecule has 5 aromatic rings. The van der Waals surface area contributed by atoms with Crippen molar-refractivity contribution in [3.8, 4) is 0 Å². The molecule has 0 atom stereocenters. The van der Waals surface area contributed by atoms with Crippen LogP contribution in [0.4, 0.5) is 28.4 Å². The SMILES string of the molecule is CCN(CC)c1ccc(C=Nc2ccc(/C=C/c3ccc(N(c4ccccc4)c4ccccc4)cc3)cc2)cc1. The fourth-order valence-electron chi connectivity index (χ4n) is 4.71. The molecule has 3 nitrogen and oxygen atoms in total. The minimum atomic E-state index is 0.941. The number of hydrogen-bond acceptors (Lipinski definition) is 3. The fraction of sp³-hybridized carbons (Fsp3) is 0.108. The van der Waals surface area contributed by atoms with Gasteiger partial charge in [0.25, 0.3) is 0 Å². The Bertz CT molecular complexity index is 1480. The second kappa shape index (κ2) is 13.3. The van der Waals surface area contributed by atoms with Crippen molar-refractivity contribution >= 4 is 46.8 Å². The Morgan fingerprint density at radius 2 is 0.900 bits per heavy atom. The number of nitrogens with zero attached hydrogens (tertiary/aromatic N) is 3. The van der Waals surface area contributed by atoms with Crippen LogP contribution in [0, 0.1) is 0 Å². The first-order valence-corrected chi connectivity index (χ1v) is 13.9. The van der Waals surface area contributed by atoms with Crippen LogP contribution in [-0.2, 0) is 0 Å². The van der Waals surface area contributed by atoms with Gasteiger partial charge in [-0.3, -0.25) is 4.99 Å². The molecule has 0 spiro atoms. The van der Waals surface area contributed by atoms with Gasteiger partial charge in [-0.2, -0.15) is 0 Å². The molecule has 198 valence electrons. The van der Waals surface area contributed by atoms with E-state index < -0.39 is 0 Å². The van der Waals surface area contributed by atoms with Crippen LogP contribution in [0.1, 0.15) is 30.5 Å². The number of benzene rings is 5. The average molecular weight is 522 g/mol. The standard InChI is InChI=1S/C37H35N3/c1-3-39(4-2)34-25-21-32(22-26-34)29-38-33-23-17-30(18-24-33)15-16-31-19-27-37(28-20-31)40(35-11-7-5-8-12-35)36-13-9-6-10-14-36/h5-29H,3-4H2,1-2H3/b16-15+,38-29?. The first kappa shape index (κ1) is 26.7. The molecule has 5 aromatic carbocycles. The minimum absolute atomic E-state index is 0.941. The van der Waals surface area contributed by atoms with E-state index in [1.807, 2.05) is 18.3 Å². The molecule has 0 aromatic heterocycles. The van der Waals surface area contributed by atoms with Gasteiger partial charge in [-0.15, -0.1) is 0 Å². The second-order valence-electron chi connectivity index (χ2n) is 9.54. The summed E-state index contributed by atoms with van der Waals surface area (Å²) in [5.74, 6) is 0. The van der Waals surface area contributed by atoms with E-state index in [9.17, 15) is 0 Å². The van der Waals surface area contributed by atoms with Crippen molar-refractivity contribution in [3.05, 3.63) is 150 Å². The van der Waals surface area contributed by atoms with Crippen LogP contribution in [0.2, 0.25) is 0 Å². The van der Waals surface area contributed by atoms with Gasteiger partial charge in [-0.1, -0.05) is 84.9 Å². The molecule has 0 N–H and O–H groups in total. The fourth-order valence-corrected chi connectivity index (χ4v) is 4.71. The van der Waals surface area contributed by atoms with Gasteiger partial charge in [-0.25, -0.2) is 0 Å². The van der Waals surface area contributed by atoms with E-state index in [-0.39, 0.29) is 0 Å². The summed E-state index contributed by atoms with van der Waals surface area (Å²) in [5.41, 5.74) is 8.98. The number of anilines is 4. The van der Waals surface area contributed by atoms with Gasteiger partial charge in [0.2, 0.25) is 0 Å². The summed E-state index contributed by atoms with van der Waals surface area (Å²) in [5, 5.41) is 0. The molecule has 5 rings (SSSR count). The van der Waals surface area contributed by atoms with Crippen molar-refractivity contribution in [2.24, 2.45) is 4.99 Å². The van der Waals surface area contributed by atoms with Gasteiger partial charge in [-0.05, 0) is 91.2 Å². The quantitative estimate of drug-likeness (QED) is 0.134. The number of hydrogen-bond donors (Lipinski definition) is 0. The van der Waals surface area contributed by atoms with Crippen LogP contribution >= 0.6 is 0 Å². The third-order valence-corrected chi connectivity index (χ3v) is 6.93. The summed E-state index contributed by atoms with van der Waals surface area (Å²) < 4.78 is 0. The Labute approximate surface area is 238 Å². The smallest absolute Gasteiger partial charge is 0.0630 e. The lowest BCUT2D eigenvalue weighted by atomic mass is 10.1. The summed E-state index contributed by atoms with van der Waals surface area (Å²) >= 11 is 0. The highest BCUT2D eigenvalue weighted by molar-refractivity contribution is 5.83. The van der Waals surface area contributed by atoms with Gasteiger partial charge >= 0.3 is 0 Å². The third kappa shape index (κ3) is 6.75. The Hall–Kier alpha value is -4.89. The predicted molar refractivity (Wildman–Crippen MR) is 174 cm³/mol. The zero-order valence-electron chi connectivity index (χ0n) is 23.2. The van der Waals surface area contributed by atoms with Crippen LogP contribution < -0.4 is 9.80 Å². The lowest BCUT2D eigenvalue weighted by Gasteiger charge is -2.25. The largest absolute Gasteiger partial charge is 0.372 e. The van der Waals surface area contributed by atoms with Crippen molar-refractivity contribution in [3.63, 3.8) is 0 Å². The van der Waals surface area contributed by atoms with Crippen molar-refractivity contribution in [2.75, 3.05) is 22.9 Å². The summed E-state index contributed by atoms with van der Waals surface area (Å²) in [6, 6.07) is 46.5. The van der Waals surface area contributed by atoms with Crippen LogP contribution in [-0.4, -0.2) is 19.3 Å². The second-order valence-corrected chi connectivity index (χ2v) is 9.54. The Balaban J connectivity index is 1.24. The Morgan fingerprint density at radius 1 is 0.475 bits per heavy atom. The zero-order chi connectivity index (χ0) is 27.6. The first-order valence-electron chi connectivity index (χ1n) is 13.9. The van der Waals surface area contributed by atoms with Crippen LogP contribution in [0.25, 0.3) is 12.2 Å². The highest BCUT2D eigenvalue weighted by Crippen LogP contribution is 2.34. The zero-order valence-corrected chi connectivity index (χ0v) is 23.2. The molecule has 3 heteroatoms. The van der Waals surface area contributed by atoms with Crippen LogP contribution in [0.15, 0.2) is 138 Å². The van der Waals surface area contributed by atoms with Gasteiger partial charge in [0.1, 0.15) is 0 Å². The van der Waals surface area contributed by atoms with E-state index >= 15 is 0 Å². The van der Waals surface area contributed by atoms with Crippen molar-refractivity contribution < 1.29 is 0 Å². The third-order valence-electron chi connectivity index (χ3n) is 6.93. The summed E-state index contributed by atoms with van der Waals surface area (Å²) in [6.45, 7) is 6.38. The van der Waals surface area contributed by atoms with Gasteiger partial charge in [0.05, 0.1) is 5.69 Å². The molecule has 0 aliphatic carbocycles. The molecule has 0 radical (unpaired) electrons. The summed E-state index contributed by atoms with van der Waals surface area (Å²) in [4.78, 5) is 9.27. The minimum Gasteiger partial charge on any atom is -0.372 e. The van der Waals surface area contributed by atoms with Crippen molar-refractivity contribution in [1.29, 1.82) is 0 Å². The van der Waals surface area contributed by atoms with E-state index in [0.717, 1.165) is 52.5 Å². The molecule has 40 heavy (non-hydrogen) atoms. The maximum atomic E-state index is 4.66. The summed E-state index contributed by atoms with van der Waals surface area (Å²) in [6.07, 6.45) is 6.21. The molecule has 0 saturated carbocycles. The van der Waals surface area contributed by atoms with E-state index in [1.165, 1.54) is 5.69 Å². The summed E-state index contributed by atoms with van der Waals surface area (Å²) in [7, 11) is 0.